The Balaban J connectivity index is 2.16. The van der Waals surface area contributed by atoms with Crippen LogP contribution >= 0.6 is 0 Å². The zero-order chi connectivity index (χ0) is 16.4. The van der Waals surface area contributed by atoms with Crippen LogP contribution in [-0.2, 0) is 0 Å². The zero-order valence-corrected chi connectivity index (χ0v) is 14.5. The van der Waals surface area contributed by atoms with Crippen LogP contribution in [0.3, 0.4) is 0 Å². The molecule has 2 aliphatic carbocycles. The van der Waals surface area contributed by atoms with Crippen LogP contribution in [0, 0.1) is 23.7 Å². The smallest absolute Gasteiger partial charge is 0.0666 e. The van der Waals surface area contributed by atoms with E-state index in [1.54, 1.807) is 0 Å². The van der Waals surface area contributed by atoms with Gasteiger partial charge in [0.2, 0.25) is 0 Å². The number of allylic oxidation sites excluding steroid dienone is 3. The van der Waals surface area contributed by atoms with Gasteiger partial charge >= 0.3 is 0 Å². The highest BCUT2D eigenvalue weighted by Gasteiger charge is 2.45. The van der Waals surface area contributed by atoms with Gasteiger partial charge in [-0.25, -0.2) is 0 Å². The molecule has 2 heteroatoms. The van der Waals surface area contributed by atoms with Crippen LogP contribution in [0.2, 0.25) is 0 Å². The summed E-state index contributed by atoms with van der Waals surface area (Å²) < 4.78 is 0. The van der Waals surface area contributed by atoms with Gasteiger partial charge in [0.15, 0.2) is 0 Å². The second-order valence-corrected chi connectivity index (χ2v) is 7.65. The highest BCUT2D eigenvalue weighted by molar-refractivity contribution is 5.25. The number of hydrogen-bond donors (Lipinski definition) is 2. The molecular formula is C20H32O2. The molecule has 6 atom stereocenters. The molecule has 0 spiro atoms. The molecule has 2 unspecified atom stereocenters. The fourth-order valence-electron chi connectivity index (χ4n) is 4.41. The van der Waals surface area contributed by atoms with E-state index in [0.29, 0.717) is 18.3 Å². The lowest BCUT2D eigenvalue weighted by atomic mass is 9.75. The first-order valence-corrected chi connectivity index (χ1v) is 8.66. The molecule has 2 N–H and O–H groups in total. The third-order valence-corrected chi connectivity index (χ3v) is 5.69. The topological polar surface area (TPSA) is 40.5 Å². The maximum atomic E-state index is 11.0. The molecule has 0 aliphatic heterocycles. The molecule has 0 bridgehead atoms. The van der Waals surface area contributed by atoms with Crippen molar-refractivity contribution in [1.82, 2.24) is 0 Å². The number of rotatable bonds is 4. The molecule has 0 aromatic carbocycles. The standard InChI is InChI=1S/C20H32O2/c1-12(2)7-6-8-13(3)19-17(21)11-15(5)16-10-9-14(4)18(16)20(19)22/h7,9,13,16-22H,5-6,8,10-11H2,1-4H3/t13?,16?,17-,18-,19-,20+/m1/s1. The second-order valence-electron chi connectivity index (χ2n) is 7.65. The van der Waals surface area contributed by atoms with E-state index in [4.69, 9.17) is 0 Å². The molecule has 2 aliphatic rings. The molecule has 1 saturated carbocycles. The van der Waals surface area contributed by atoms with Gasteiger partial charge < -0.3 is 10.2 Å². The summed E-state index contributed by atoms with van der Waals surface area (Å²) in [5, 5.41) is 21.7. The molecule has 0 amide bonds. The van der Waals surface area contributed by atoms with Crippen molar-refractivity contribution in [2.24, 2.45) is 23.7 Å². The summed E-state index contributed by atoms with van der Waals surface area (Å²) in [6, 6.07) is 0. The molecule has 0 radical (unpaired) electrons. The van der Waals surface area contributed by atoms with E-state index < -0.39 is 12.2 Å². The Morgan fingerprint density at radius 2 is 2.09 bits per heavy atom. The quantitative estimate of drug-likeness (QED) is 0.762. The van der Waals surface area contributed by atoms with E-state index in [2.05, 4.69) is 46.4 Å². The van der Waals surface area contributed by atoms with Gasteiger partial charge in [0.1, 0.15) is 0 Å². The van der Waals surface area contributed by atoms with E-state index >= 15 is 0 Å². The predicted molar refractivity (Wildman–Crippen MR) is 92.4 cm³/mol. The van der Waals surface area contributed by atoms with Crippen molar-refractivity contribution in [1.29, 1.82) is 0 Å². The van der Waals surface area contributed by atoms with Gasteiger partial charge in [-0.2, -0.15) is 0 Å². The molecule has 0 heterocycles. The molecule has 0 saturated heterocycles. The van der Waals surface area contributed by atoms with Crippen molar-refractivity contribution in [3.63, 3.8) is 0 Å². The number of aliphatic hydroxyl groups is 2. The largest absolute Gasteiger partial charge is 0.392 e. The SMILES string of the molecule is C=C1C[C@@H](O)[C@@H](C(C)CCC=C(C)C)[C@@H](O)[C@@H]2C(C)=CCC12. The zero-order valence-electron chi connectivity index (χ0n) is 14.5. The minimum atomic E-state index is -0.470. The van der Waals surface area contributed by atoms with Crippen molar-refractivity contribution in [3.05, 3.63) is 35.5 Å². The van der Waals surface area contributed by atoms with Gasteiger partial charge in [0, 0.05) is 11.8 Å². The molecule has 22 heavy (non-hydrogen) atoms. The molecule has 124 valence electrons. The Bertz CT molecular complexity index is 470. The summed E-state index contributed by atoms with van der Waals surface area (Å²) in [5.41, 5.74) is 3.72. The van der Waals surface area contributed by atoms with Crippen LogP contribution < -0.4 is 0 Å². The average molecular weight is 304 g/mol. The van der Waals surface area contributed by atoms with Crippen LogP contribution in [0.1, 0.15) is 53.4 Å². The molecular weight excluding hydrogens is 272 g/mol. The van der Waals surface area contributed by atoms with Gasteiger partial charge in [-0.3, -0.25) is 0 Å². The maximum Gasteiger partial charge on any atom is 0.0666 e. The van der Waals surface area contributed by atoms with Crippen molar-refractivity contribution < 1.29 is 10.2 Å². The van der Waals surface area contributed by atoms with E-state index in [1.165, 1.54) is 11.1 Å². The summed E-state index contributed by atoms with van der Waals surface area (Å²) >= 11 is 0. The molecule has 1 fully saturated rings. The third kappa shape index (κ3) is 3.55. The first-order chi connectivity index (χ1) is 10.3. The van der Waals surface area contributed by atoms with Crippen LogP contribution in [0.4, 0.5) is 0 Å². The van der Waals surface area contributed by atoms with Crippen LogP contribution in [-0.4, -0.2) is 22.4 Å². The first kappa shape index (κ1) is 17.5. The minimum Gasteiger partial charge on any atom is -0.392 e. The fourth-order valence-corrected chi connectivity index (χ4v) is 4.41. The maximum absolute atomic E-state index is 11.0. The van der Waals surface area contributed by atoms with E-state index in [0.717, 1.165) is 24.8 Å². The van der Waals surface area contributed by atoms with E-state index in [1.807, 2.05) is 0 Å². The van der Waals surface area contributed by atoms with E-state index in [9.17, 15) is 10.2 Å². The van der Waals surface area contributed by atoms with Crippen molar-refractivity contribution in [3.8, 4) is 0 Å². The Kier molecular flexibility index (Phi) is 5.68. The van der Waals surface area contributed by atoms with Gasteiger partial charge in [-0.05, 0) is 58.3 Å². The number of aliphatic hydroxyl groups excluding tert-OH is 2. The van der Waals surface area contributed by atoms with Gasteiger partial charge in [0.05, 0.1) is 12.2 Å². The van der Waals surface area contributed by atoms with Gasteiger partial charge in [-0.1, -0.05) is 42.4 Å². The first-order valence-electron chi connectivity index (χ1n) is 8.66. The average Bonchev–Trinajstić information content (AvgIpc) is 2.75. The van der Waals surface area contributed by atoms with Gasteiger partial charge in [0.25, 0.3) is 0 Å². The van der Waals surface area contributed by atoms with E-state index in [-0.39, 0.29) is 11.8 Å². The summed E-state index contributed by atoms with van der Waals surface area (Å²) in [6.45, 7) is 12.7. The number of fused-ring (bicyclic) bond motifs is 1. The minimum absolute atomic E-state index is 0.0567. The summed E-state index contributed by atoms with van der Waals surface area (Å²) in [6.07, 6.45) is 7.19. The molecule has 2 rings (SSSR count). The lowest BCUT2D eigenvalue weighted by molar-refractivity contribution is -0.0311. The molecule has 0 aromatic heterocycles. The fraction of sp³-hybridized carbons (Fsp3) is 0.700. The normalized spacial score (nSPS) is 36.4. The lowest BCUT2D eigenvalue weighted by Gasteiger charge is -2.34. The highest BCUT2D eigenvalue weighted by Crippen LogP contribution is 2.47. The van der Waals surface area contributed by atoms with Crippen LogP contribution in [0.5, 0.6) is 0 Å². The Hall–Kier alpha value is -0.860. The summed E-state index contributed by atoms with van der Waals surface area (Å²) in [4.78, 5) is 0. The monoisotopic (exact) mass is 304 g/mol. The summed E-state index contributed by atoms with van der Waals surface area (Å²) in [5.74, 6) is 0.722. The third-order valence-electron chi connectivity index (χ3n) is 5.69. The lowest BCUT2D eigenvalue weighted by Crippen LogP contribution is -2.40. The van der Waals surface area contributed by atoms with Crippen molar-refractivity contribution >= 4 is 0 Å². The van der Waals surface area contributed by atoms with Crippen molar-refractivity contribution in [2.45, 2.75) is 65.6 Å². The highest BCUT2D eigenvalue weighted by atomic mass is 16.3. The van der Waals surface area contributed by atoms with Crippen LogP contribution in [0.15, 0.2) is 35.5 Å². The van der Waals surface area contributed by atoms with Crippen molar-refractivity contribution in [2.75, 3.05) is 0 Å². The molecule has 2 nitrogen and oxygen atoms in total. The van der Waals surface area contributed by atoms with Gasteiger partial charge in [-0.15, -0.1) is 0 Å². The second kappa shape index (κ2) is 7.14. The Labute approximate surface area is 135 Å². The predicted octanol–water partition coefficient (Wildman–Crippen LogP) is 4.25. The summed E-state index contributed by atoms with van der Waals surface area (Å²) in [7, 11) is 0. The Morgan fingerprint density at radius 1 is 1.41 bits per heavy atom. The number of hydrogen-bond acceptors (Lipinski definition) is 2. The Morgan fingerprint density at radius 3 is 2.73 bits per heavy atom. The molecule has 0 aromatic rings. The van der Waals surface area contributed by atoms with Crippen LogP contribution in [0.25, 0.3) is 0 Å².